The number of ether oxygens (including phenoxy) is 2. The van der Waals surface area contributed by atoms with Crippen molar-refractivity contribution >= 4 is 0 Å². The van der Waals surface area contributed by atoms with Gasteiger partial charge in [0.2, 0.25) is 0 Å². The van der Waals surface area contributed by atoms with Crippen LogP contribution in [0.5, 0.6) is 0 Å². The molecule has 0 aromatic carbocycles. The molecule has 0 saturated carbocycles. The fourth-order valence-corrected chi connectivity index (χ4v) is 0.909. The number of aliphatic hydroxyl groups is 1. The van der Waals surface area contributed by atoms with Gasteiger partial charge in [0, 0.05) is 6.54 Å². The summed E-state index contributed by atoms with van der Waals surface area (Å²) >= 11 is 0. The van der Waals surface area contributed by atoms with Gasteiger partial charge >= 0.3 is 0 Å². The summed E-state index contributed by atoms with van der Waals surface area (Å²) < 4.78 is 10.2. The minimum absolute atomic E-state index is 0.203. The average Bonchev–Trinajstić information content (AvgIpc) is 2.34. The van der Waals surface area contributed by atoms with Crippen molar-refractivity contribution in [3.8, 4) is 0 Å². The zero-order valence-corrected chi connectivity index (χ0v) is 5.99. The van der Waals surface area contributed by atoms with Crippen molar-refractivity contribution < 1.29 is 14.6 Å². The lowest BCUT2D eigenvalue weighted by molar-refractivity contribution is -0.0664. The summed E-state index contributed by atoms with van der Waals surface area (Å²) in [5.41, 5.74) is 5.21. The lowest BCUT2D eigenvalue weighted by Gasteiger charge is -2.13. The van der Waals surface area contributed by atoms with Gasteiger partial charge in [-0.25, -0.2) is 0 Å². The maximum Gasteiger partial charge on any atom is 0.155 e. The number of hydrogen-bond donors (Lipinski definition) is 2. The Hall–Kier alpha value is -0.160. The molecule has 1 aliphatic heterocycles. The fourth-order valence-electron chi connectivity index (χ4n) is 0.909. The zero-order valence-electron chi connectivity index (χ0n) is 5.99. The Balaban J connectivity index is 2.29. The molecule has 3 atom stereocenters. The van der Waals surface area contributed by atoms with Crippen molar-refractivity contribution in [2.24, 2.45) is 5.73 Å². The first kappa shape index (κ1) is 7.94. The lowest BCUT2D eigenvalue weighted by Crippen LogP contribution is -2.34. The van der Waals surface area contributed by atoms with E-state index in [9.17, 15) is 0 Å². The van der Waals surface area contributed by atoms with Gasteiger partial charge in [-0.3, -0.25) is 0 Å². The van der Waals surface area contributed by atoms with E-state index in [2.05, 4.69) is 0 Å². The molecule has 0 aromatic heterocycles. The van der Waals surface area contributed by atoms with Gasteiger partial charge in [-0.2, -0.15) is 0 Å². The summed E-state index contributed by atoms with van der Waals surface area (Å²) in [4.78, 5) is 0. The van der Waals surface area contributed by atoms with Crippen LogP contribution in [0.15, 0.2) is 0 Å². The summed E-state index contributed by atoms with van der Waals surface area (Å²) in [6.07, 6.45) is -1.03. The van der Waals surface area contributed by atoms with Gasteiger partial charge in [0.15, 0.2) is 6.29 Å². The van der Waals surface area contributed by atoms with Crippen LogP contribution < -0.4 is 5.73 Å². The highest BCUT2D eigenvalue weighted by Gasteiger charge is 2.27. The third-order valence-electron chi connectivity index (χ3n) is 1.53. The molecule has 0 spiro atoms. The number of aliphatic hydroxyl groups excluding tert-OH is 1. The summed E-state index contributed by atoms with van der Waals surface area (Å²) in [6, 6.07) is 0. The Bertz CT molecular complexity index is 109. The first-order valence-electron chi connectivity index (χ1n) is 3.39. The summed E-state index contributed by atoms with van der Waals surface area (Å²) in [7, 11) is 0. The van der Waals surface area contributed by atoms with E-state index in [1.807, 2.05) is 0 Å². The summed E-state index contributed by atoms with van der Waals surface area (Å²) in [5.74, 6) is 0. The SMILES string of the molecule is CC1OCC(C(O)CN)O1. The minimum atomic E-state index is -0.593. The molecule has 0 bridgehead atoms. The topological polar surface area (TPSA) is 64.7 Å². The van der Waals surface area contributed by atoms with Gasteiger partial charge in [-0.15, -0.1) is 0 Å². The molecule has 0 radical (unpaired) electrons. The van der Waals surface area contributed by atoms with Crippen LogP contribution in [0.4, 0.5) is 0 Å². The molecule has 3 N–H and O–H groups in total. The molecule has 1 rings (SSSR count). The van der Waals surface area contributed by atoms with Gasteiger partial charge in [0.1, 0.15) is 6.10 Å². The predicted octanol–water partition coefficient (Wildman–Crippen LogP) is -0.933. The van der Waals surface area contributed by atoms with Gasteiger partial charge in [0.25, 0.3) is 0 Å². The Morgan fingerprint density at radius 1 is 1.80 bits per heavy atom. The van der Waals surface area contributed by atoms with Crippen molar-refractivity contribution in [3.05, 3.63) is 0 Å². The molecule has 60 valence electrons. The lowest BCUT2D eigenvalue weighted by atomic mass is 10.2. The molecule has 1 aliphatic rings. The molecule has 1 fully saturated rings. The molecular weight excluding hydrogens is 134 g/mol. The Labute approximate surface area is 59.9 Å². The van der Waals surface area contributed by atoms with Crippen molar-refractivity contribution in [1.82, 2.24) is 0 Å². The normalized spacial score (nSPS) is 36.3. The van der Waals surface area contributed by atoms with Gasteiger partial charge < -0.3 is 20.3 Å². The van der Waals surface area contributed by atoms with E-state index in [0.29, 0.717) is 6.61 Å². The van der Waals surface area contributed by atoms with Crippen LogP contribution >= 0.6 is 0 Å². The second-order valence-electron chi connectivity index (χ2n) is 2.38. The van der Waals surface area contributed by atoms with E-state index >= 15 is 0 Å². The quantitative estimate of drug-likeness (QED) is 0.529. The fraction of sp³-hybridized carbons (Fsp3) is 1.00. The van der Waals surface area contributed by atoms with Crippen LogP contribution in [-0.2, 0) is 9.47 Å². The third-order valence-corrected chi connectivity index (χ3v) is 1.53. The molecule has 0 amide bonds. The molecular formula is C6H13NO3. The highest BCUT2D eigenvalue weighted by Crippen LogP contribution is 2.12. The number of hydrogen-bond acceptors (Lipinski definition) is 4. The van der Waals surface area contributed by atoms with Crippen molar-refractivity contribution in [3.63, 3.8) is 0 Å². The minimum Gasteiger partial charge on any atom is -0.389 e. The largest absolute Gasteiger partial charge is 0.389 e. The van der Waals surface area contributed by atoms with Crippen LogP contribution in [-0.4, -0.2) is 36.8 Å². The molecule has 0 aliphatic carbocycles. The molecule has 4 nitrogen and oxygen atoms in total. The molecule has 10 heavy (non-hydrogen) atoms. The van der Waals surface area contributed by atoms with Crippen LogP contribution in [0.2, 0.25) is 0 Å². The molecule has 1 heterocycles. The molecule has 1 saturated heterocycles. The zero-order chi connectivity index (χ0) is 7.56. The first-order chi connectivity index (χ1) is 4.74. The van der Waals surface area contributed by atoms with E-state index in [0.717, 1.165) is 0 Å². The molecule has 0 aromatic rings. The standard InChI is InChI=1S/C6H13NO3/c1-4-9-3-6(10-4)5(8)2-7/h4-6,8H,2-3,7H2,1H3. The van der Waals surface area contributed by atoms with E-state index in [4.69, 9.17) is 20.3 Å². The van der Waals surface area contributed by atoms with Gasteiger partial charge in [-0.1, -0.05) is 0 Å². The maximum absolute atomic E-state index is 9.15. The molecule has 3 unspecified atom stereocenters. The third kappa shape index (κ3) is 1.67. The smallest absolute Gasteiger partial charge is 0.155 e. The van der Waals surface area contributed by atoms with Crippen molar-refractivity contribution in [1.29, 1.82) is 0 Å². The van der Waals surface area contributed by atoms with Gasteiger partial charge in [0.05, 0.1) is 12.7 Å². The van der Waals surface area contributed by atoms with Crippen molar-refractivity contribution in [2.75, 3.05) is 13.2 Å². The average molecular weight is 147 g/mol. The van der Waals surface area contributed by atoms with Gasteiger partial charge in [-0.05, 0) is 6.92 Å². The second kappa shape index (κ2) is 3.30. The predicted molar refractivity (Wildman–Crippen MR) is 35.3 cm³/mol. The van der Waals surface area contributed by atoms with Crippen molar-refractivity contribution in [2.45, 2.75) is 25.4 Å². The summed E-state index contributed by atoms with van der Waals surface area (Å²) in [6.45, 7) is 2.46. The van der Waals surface area contributed by atoms with Crippen LogP contribution in [0.3, 0.4) is 0 Å². The van der Waals surface area contributed by atoms with Crippen LogP contribution in [0.25, 0.3) is 0 Å². The number of rotatable bonds is 2. The van der Waals surface area contributed by atoms with E-state index in [1.54, 1.807) is 6.92 Å². The monoisotopic (exact) mass is 147 g/mol. The van der Waals surface area contributed by atoms with E-state index < -0.39 is 6.10 Å². The second-order valence-corrected chi connectivity index (χ2v) is 2.38. The molecule has 4 heteroatoms. The van der Waals surface area contributed by atoms with Crippen LogP contribution in [0, 0.1) is 0 Å². The Morgan fingerprint density at radius 2 is 2.50 bits per heavy atom. The summed E-state index contributed by atoms with van der Waals surface area (Å²) in [5, 5.41) is 9.15. The Morgan fingerprint density at radius 3 is 2.90 bits per heavy atom. The Kier molecular flexibility index (Phi) is 2.62. The maximum atomic E-state index is 9.15. The number of nitrogens with two attached hydrogens (primary N) is 1. The first-order valence-corrected chi connectivity index (χ1v) is 3.39. The van der Waals surface area contributed by atoms with E-state index in [1.165, 1.54) is 0 Å². The van der Waals surface area contributed by atoms with Crippen LogP contribution in [0.1, 0.15) is 6.92 Å². The highest BCUT2D eigenvalue weighted by atomic mass is 16.7. The highest BCUT2D eigenvalue weighted by molar-refractivity contribution is 4.72. The van der Waals surface area contributed by atoms with E-state index in [-0.39, 0.29) is 18.9 Å².